The third kappa shape index (κ3) is 3.27. The molecule has 5 nitrogen and oxygen atoms in total. The van der Waals surface area contributed by atoms with Crippen molar-refractivity contribution in [3.05, 3.63) is 48.3 Å². The van der Waals surface area contributed by atoms with Gasteiger partial charge in [-0.2, -0.15) is 0 Å². The maximum atomic E-state index is 12.4. The predicted molar refractivity (Wildman–Crippen MR) is 77.4 cm³/mol. The molecule has 6 heteroatoms. The molecule has 0 saturated carbocycles. The van der Waals surface area contributed by atoms with Crippen LogP contribution in [0.4, 0.5) is 5.69 Å². The molecule has 0 spiro atoms. The van der Waals surface area contributed by atoms with Gasteiger partial charge in [-0.15, -0.1) is 0 Å². The van der Waals surface area contributed by atoms with E-state index in [9.17, 15) is 8.42 Å². The smallest absolute Gasteiger partial charge is 0.182 e. The molecule has 0 bridgehead atoms. The fourth-order valence-corrected chi connectivity index (χ4v) is 3.30. The summed E-state index contributed by atoms with van der Waals surface area (Å²) in [5.41, 5.74) is 7.03. The van der Waals surface area contributed by atoms with Crippen LogP contribution >= 0.6 is 0 Å². The molecule has 0 fully saturated rings. The van der Waals surface area contributed by atoms with Crippen LogP contribution in [0.5, 0.6) is 5.75 Å². The van der Waals surface area contributed by atoms with Gasteiger partial charge in [-0.25, -0.2) is 8.42 Å². The van der Waals surface area contributed by atoms with Crippen molar-refractivity contribution in [1.29, 1.82) is 0 Å². The number of hydrogen-bond acceptors (Lipinski definition) is 5. The highest BCUT2D eigenvalue weighted by atomic mass is 32.2. The van der Waals surface area contributed by atoms with Gasteiger partial charge in [0.1, 0.15) is 10.6 Å². The molecule has 1 heterocycles. The molecule has 2 N–H and O–H groups in total. The number of nitrogens with two attached hydrogens (primary N) is 1. The third-order valence-electron chi connectivity index (χ3n) is 2.93. The highest BCUT2D eigenvalue weighted by Gasteiger charge is 2.19. The molecule has 1 aromatic heterocycles. The number of nitrogens with zero attached hydrogens (tertiary/aromatic N) is 1. The normalized spacial score (nSPS) is 11.2. The molecule has 106 valence electrons. The first-order valence-electron chi connectivity index (χ1n) is 6.08. The molecule has 0 saturated heterocycles. The lowest BCUT2D eigenvalue weighted by atomic mass is 10.2. The summed E-state index contributed by atoms with van der Waals surface area (Å²) in [6.07, 6.45) is 3.72. The number of sulfone groups is 1. The quantitative estimate of drug-likeness (QED) is 0.848. The summed E-state index contributed by atoms with van der Waals surface area (Å²) in [6.45, 7) is 0. The molecule has 0 aliphatic rings. The van der Waals surface area contributed by atoms with Gasteiger partial charge < -0.3 is 10.5 Å². The van der Waals surface area contributed by atoms with E-state index in [1.165, 1.54) is 19.2 Å². The van der Waals surface area contributed by atoms with Gasteiger partial charge in [0.15, 0.2) is 9.84 Å². The zero-order valence-corrected chi connectivity index (χ0v) is 11.9. The Kier molecular flexibility index (Phi) is 4.24. The molecular weight excluding hydrogens is 276 g/mol. The van der Waals surface area contributed by atoms with E-state index in [1.807, 2.05) is 0 Å². The third-order valence-corrected chi connectivity index (χ3v) is 4.68. The lowest BCUT2D eigenvalue weighted by Crippen LogP contribution is -2.11. The number of aromatic nitrogens is 1. The average molecular weight is 292 g/mol. The van der Waals surface area contributed by atoms with E-state index in [2.05, 4.69) is 4.98 Å². The first-order chi connectivity index (χ1) is 9.53. The van der Waals surface area contributed by atoms with Crippen LogP contribution in [-0.2, 0) is 16.3 Å². The van der Waals surface area contributed by atoms with E-state index in [4.69, 9.17) is 10.5 Å². The monoisotopic (exact) mass is 292 g/mol. The Morgan fingerprint density at radius 2 is 1.90 bits per heavy atom. The summed E-state index contributed by atoms with van der Waals surface area (Å²) in [5.74, 6) is 0.289. The number of benzene rings is 1. The minimum absolute atomic E-state index is 0.0112. The molecule has 0 aliphatic carbocycles. The van der Waals surface area contributed by atoms with Crippen molar-refractivity contribution in [1.82, 2.24) is 4.98 Å². The Morgan fingerprint density at radius 3 is 2.55 bits per heavy atom. The number of rotatable bonds is 5. The zero-order chi connectivity index (χ0) is 14.6. The van der Waals surface area contributed by atoms with Gasteiger partial charge in [0, 0.05) is 24.1 Å². The fraction of sp³-hybridized carbons (Fsp3) is 0.214. The number of methoxy groups -OCH3 is 1. The summed E-state index contributed by atoms with van der Waals surface area (Å²) in [4.78, 5) is 4.07. The molecule has 0 amide bonds. The van der Waals surface area contributed by atoms with Crippen LogP contribution in [0, 0.1) is 0 Å². The highest BCUT2D eigenvalue weighted by molar-refractivity contribution is 7.91. The number of nitrogen functional groups attached to an aromatic ring is 1. The molecule has 0 atom stereocenters. The maximum absolute atomic E-state index is 12.4. The van der Waals surface area contributed by atoms with Gasteiger partial charge in [0.25, 0.3) is 0 Å². The van der Waals surface area contributed by atoms with Crippen molar-refractivity contribution < 1.29 is 13.2 Å². The van der Waals surface area contributed by atoms with Crippen LogP contribution in [0.3, 0.4) is 0 Å². The van der Waals surface area contributed by atoms with Gasteiger partial charge in [-0.05, 0) is 36.2 Å². The Morgan fingerprint density at radius 1 is 1.20 bits per heavy atom. The van der Waals surface area contributed by atoms with E-state index in [1.54, 1.807) is 30.6 Å². The van der Waals surface area contributed by atoms with E-state index >= 15 is 0 Å². The van der Waals surface area contributed by atoms with E-state index in [0.717, 1.165) is 5.56 Å². The summed E-state index contributed by atoms with van der Waals surface area (Å²) in [7, 11) is -1.99. The first-order valence-corrected chi connectivity index (χ1v) is 7.73. The van der Waals surface area contributed by atoms with Crippen LogP contribution in [-0.4, -0.2) is 26.3 Å². The van der Waals surface area contributed by atoms with Gasteiger partial charge in [0.05, 0.1) is 12.9 Å². The Labute approximate surface area is 118 Å². The first kappa shape index (κ1) is 14.3. The summed E-state index contributed by atoms with van der Waals surface area (Å²) in [6, 6.07) is 8.16. The van der Waals surface area contributed by atoms with Crippen molar-refractivity contribution in [3.8, 4) is 5.75 Å². The molecule has 2 rings (SSSR count). The van der Waals surface area contributed by atoms with Crippen LogP contribution < -0.4 is 10.5 Å². The van der Waals surface area contributed by atoms with Crippen LogP contribution in [0.15, 0.2) is 47.6 Å². The molecule has 0 aliphatic heterocycles. The Hall–Kier alpha value is -2.08. The number of hydrogen-bond donors (Lipinski definition) is 1. The van der Waals surface area contributed by atoms with Gasteiger partial charge >= 0.3 is 0 Å². The summed E-state index contributed by atoms with van der Waals surface area (Å²) < 4.78 is 29.8. The van der Waals surface area contributed by atoms with Crippen molar-refractivity contribution in [3.63, 3.8) is 0 Å². The number of anilines is 1. The van der Waals surface area contributed by atoms with Crippen molar-refractivity contribution in [2.45, 2.75) is 11.3 Å². The topological polar surface area (TPSA) is 82.3 Å². The average Bonchev–Trinajstić information content (AvgIpc) is 2.46. The number of aryl methyl sites for hydroxylation is 1. The summed E-state index contributed by atoms with van der Waals surface area (Å²) in [5, 5.41) is 0. The summed E-state index contributed by atoms with van der Waals surface area (Å²) >= 11 is 0. The second-order valence-corrected chi connectivity index (χ2v) is 6.41. The molecule has 2 aromatic rings. The van der Waals surface area contributed by atoms with E-state index in [0.29, 0.717) is 12.1 Å². The largest absolute Gasteiger partial charge is 0.495 e. The standard InChI is InChI=1S/C14H16N2O3S/c1-19-13-10-12(15)2-3-14(13)20(17,18)9-6-11-4-7-16-8-5-11/h2-5,7-8,10H,6,9,15H2,1H3. The van der Waals surface area contributed by atoms with Crippen LogP contribution in [0.1, 0.15) is 5.56 Å². The van der Waals surface area contributed by atoms with Gasteiger partial charge in [0.2, 0.25) is 0 Å². The van der Waals surface area contributed by atoms with E-state index in [-0.39, 0.29) is 16.4 Å². The number of ether oxygens (including phenoxy) is 1. The van der Waals surface area contributed by atoms with Crippen LogP contribution in [0.25, 0.3) is 0 Å². The molecule has 20 heavy (non-hydrogen) atoms. The predicted octanol–water partition coefficient (Wildman–Crippen LogP) is 1.69. The Bertz CT molecular complexity index is 685. The minimum Gasteiger partial charge on any atom is -0.495 e. The van der Waals surface area contributed by atoms with Crippen molar-refractivity contribution in [2.75, 3.05) is 18.6 Å². The fourth-order valence-electron chi connectivity index (χ4n) is 1.85. The molecule has 0 radical (unpaired) electrons. The van der Waals surface area contributed by atoms with Gasteiger partial charge in [-0.1, -0.05) is 0 Å². The van der Waals surface area contributed by atoms with Crippen molar-refractivity contribution in [2.24, 2.45) is 0 Å². The SMILES string of the molecule is COc1cc(N)ccc1S(=O)(=O)CCc1ccncc1. The zero-order valence-electron chi connectivity index (χ0n) is 11.1. The molecule has 0 unspecified atom stereocenters. The Balaban J connectivity index is 2.22. The second kappa shape index (κ2) is 5.92. The number of pyridine rings is 1. The minimum atomic E-state index is -3.42. The van der Waals surface area contributed by atoms with Crippen molar-refractivity contribution >= 4 is 15.5 Å². The molecule has 1 aromatic carbocycles. The van der Waals surface area contributed by atoms with Gasteiger partial charge in [-0.3, -0.25) is 4.98 Å². The van der Waals surface area contributed by atoms with Crippen LogP contribution in [0.2, 0.25) is 0 Å². The lowest BCUT2D eigenvalue weighted by Gasteiger charge is -2.10. The van der Waals surface area contributed by atoms with E-state index < -0.39 is 9.84 Å². The molecular formula is C14H16N2O3S. The maximum Gasteiger partial charge on any atom is 0.182 e. The highest BCUT2D eigenvalue weighted by Crippen LogP contribution is 2.27. The lowest BCUT2D eigenvalue weighted by molar-refractivity contribution is 0.403. The second-order valence-electron chi connectivity index (χ2n) is 4.33.